The zero-order valence-electron chi connectivity index (χ0n) is 14.4. The SMILES string of the molecule is C1C2CC1C1=C3C4CC(C4)C3C3=C([C+]4C(=C12)C1CC4C1)C1CC3C1. The fourth-order valence-corrected chi connectivity index (χ4v) is 9.41. The lowest BCUT2D eigenvalue weighted by Gasteiger charge is -2.26. The largest absolute Gasteiger partial charge is 0.0702 e. The topological polar surface area (TPSA) is 0 Å². The van der Waals surface area contributed by atoms with Crippen molar-refractivity contribution in [1.29, 1.82) is 0 Å². The van der Waals surface area contributed by atoms with Gasteiger partial charge in [0.25, 0.3) is 0 Å². The highest BCUT2D eigenvalue weighted by molar-refractivity contribution is 5.68. The minimum atomic E-state index is 0.957. The molecule has 13 aliphatic rings. The van der Waals surface area contributed by atoms with Crippen molar-refractivity contribution < 1.29 is 0 Å². The van der Waals surface area contributed by atoms with Crippen LogP contribution in [-0.2, 0) is 0 Å². The Morgan fingerprint density at radius 1 is 0.542 bits per heavy atom. The smallest absolute Gasteiger partial charge is 0.0417 e. The van der Waals surface area contributed by atoms with Gasteiger partial charge in [-0.05, 0) is 74.7 Å². The summed E-state index contributed by atoms with van der Waals surface area (Å²) in [5, 5.41) is 0. The molecule has 0 aliphatic heterocycles. The molecule has 0 heteroatoms. The van der Waals surface area contributed by atoms with E-state index in [2.05, 4.69) is 11.1 Å². The van der Waals surface area contributed by atoms with Gasteiger partial charge in [-0.2, -0.15) is 0 Å². The van der Waals surface area contributed by atoms with Crippen LogP contribution in [-0.4, -0.2) is 0 Å². The number of hydrogen-bond donors (Lipinski definition) is 0. The molecule has 0 radical (unpaired) electrons. The summed E-state index contributed by atoms with van der Waals surface area (Å²) in [5.41, 5.74) is 12.2. The third kappa shape index (κ3) is 0.941. The van der Waals surface area contributed by atoms with Gasteiger partial charge in [0, 0.05) is 46.3 Å². The molecule has 0 nitrogen and oxygen atoms in total. The van der Waals surface area contributed by atoms with Crippen molar-refractivity contribution in [3.63, 3.8) is 0 Å². The second-order valence-corrected chi connectivity index (χ2v) is 11.0. The van der Waals surface area contributed by atoms with Gasteiger partial charge in [-0.1, -0.05) is 0 Å². The van der Waals surface area contributed by atoms with Crippen molar-refractivity contribution in [3.05, 3.63) is 39.4 Å². The van der Waals surface area contributed by atoms with Gasteiger partial charge in [0.05, 0.1) is 23.0 Å². The van der Waals surface area contributed by atoms with Gasteiger partial charge in [0.2, 0.25) is 0 Å². The molecule has 0 saturated heterocycles. The van der Waals surface area contributed by atoms with Gasteiger partial charge < -0.3 is 0 Å². The standard InChI is InChI=1S/C24H25/c1-9-2-10(1)18-17(9)19-11-3-13(4-11)21(19)23-15-7-16(8-15)24(23)22-14-5-12(6-14)20(18)22/h9-17H,1-8H2/q+1. The van der Waals surface area contributed by atoms with Gasteiger partial charge in [-0.15, -0.1) is 0 Å². The Hall–Kier alpha value is -0.910. The molecular weight excluding hydrogens is 288 g/mol. The molecule has 0 amide bonds. The first-order valence-corrected chi connectivity index (χ1v) is 11.0. The van der Waals surface area contributed by atoms with Gasteiger partial charge in [0.1, 0.15) is 0 Å². The molecule has 10 fully saturated rings. The highest BCUT2D eigenvalue weighted by atomic mass is 14.7. The highest BCUT2D eigenvalue weighted by Gasteiger charge is 2.69. The van der Waals surface area contributed by atoms with Crippen molar-refractivity contribution in [1.82, 2.24) is 0 Å². The van der Waals surface area contributed by atoms with Crippen molar-refractivity contribution in [2.45, 2.75) is 51.4 Å². The Labute approximate surface area is 144 Å². The average Bonchev–Trinajstić information content (AvgIpc) is 3.18. The second-order valence-electron chi connectivity index (χ2n) is 11.0. The molecule has 13 aliphatic carbocycles. The van der Waals surface area contributed by atoms with Crippen LogP contribution in [0.5, 0.6) is 0 Å². The zero-order valence-corrected chi connectivity index (χ0v) is 14.4. The molecule has 10 saturated carbocycles. The fourth-order valence-electron chi connectivity index (χ4n) is 9.41. The number of rotatable bonds is 0. The average molecular weight is 313 g/mol. The van der Waals surface area contributed by atoms with E-state index in [4.69, 9.17) is 0 Å². The van der Waals surface area contributed by atoms with Crippen LogP contribution in [0.3, 0.4) is 0 Å². The normalized spacial score (nSPS) is 59.0. The molecule has 0 aromatic rings. The minimum Gasteiger partial charge on any atom is -0.0417 e. The summed E-state index contributed by atoms with van der Waals surface area (Å²) >= 11 is 0. The molecule has 0 aromatic heterocycles. The lowest BCUT2D eigenvalue weighted by molar-refractivity contribution is 0.265. The molecule has 0 spiro atoms. The van der Waals surface area contributed by atoms with Crippen LogP contribution in [0.2, 0.25) is 0 Å². The van der Waals surface area contributed by atoms with Crippen molar-refractivity contribution >= 4 is 0 Å². The second kappa shape index (κ2) is 3.24. The molecule has 0 aromatic carbocycles. The van der Waals surface area contributed by atoms with E-state index in [0.29, 0.717) is 0 Å². The maximum atomic E-state index is 2.07. The first-order chi connectivity index (χ1) is 11.9. The van der Waals surface area contributed by atoms with Crippen LogP contribution in [0.1, 0.15) is 51.4 Å². The monoisotopic (exact) mass is 313 g/mol. The fraction of sp³-hybridized carbons (Fsp3) is 0.708. The first-order valence-electron chi connectivity index (χ1n) is 11.0. The predicted octanol–water partition coefficient (Wildman–Crippen LogP) is 5.24. The third-order valence-corrected chi connectivity index (χ3v) is 10.4. The van der Waals surface area contributed by atoms with Gasteiger partial charge in [0.15, 0.2) is 0 Å². The van der Waals surface area contributed by atoms with E-state index in [9.17, 15) is 0 Å². The Kier molecular flexibility index (Phi) is 1.57. The van der Waals surface area contributed by atoms with Gasteiger partial charge in [-0.3, -0.25) is 0 Å². The van der Waals surface area contributed by atoms with Crippen LogP contribution in [0, 0.1) is 59.2 Å². The van der Waals surface area contributed by atoms with E-state index in [-0.39, 0.29) is 0 Å². The van der Waals surface area contributed by atoms with Crippen LogP contribution < -0.4 is 0 Å². The predicted molar refractivity (Wildman–Crippen MR) is 92.7 cm³/mol. The highest BCUT2D eigenvalue weighted by Crippen LogP contribution is 2.76. The number of allylic oxidation sites excluding steroid dienone is 6. The summed E-state index contributed by atoms with van der Waals surface area (Å²) < 4.78 is 0. The molecule has 1 unspecified atom stereocenters. The maximum absolute atomic E-state index is 2.07. The number of hydrogen-bond acceptors (Lipinski definition) is 0. The molecule has 0 N–H and O–H groups in total. The molecule has 120 valence electrons. The van der Waals surface area contributed by atoms with E-state index in [1.807, 2.05) is 28.2 Å². The Balaban J connectivity index is 1.44. The molecule has 8 bridgehead atoms. The van der Waals surface area contributed by atoms with E-state index in [1.54, 1.807) is 51.4 Å². The summed E-state index contributed by atoms with van der Waals surface area (Å²) in [4.78, 5) is 0. The summed E-state index contributed by atoms with van der Waals surface area (Å²) in [6.45, 7) is 0. The van der Waals surface area contributed by atoms with Gasteiger partial charge in [-0.25, -0.2) is 0 Å². The quantitative estimate of drug-likeness (QED) is 0.537. The summed E-state index contributed by atoms with van der Waals surface area (Å²) in [6, 6.07) is 0. The first kappa shape index (κ1) is 11.7. The maximum Gasteiger partial charge on any atom is 0.0702 e. The van der Waals surface area contributed by atoms with Crippen LogP contribution in [0.25, 0.3) is 0 Å². The van der Waals surface area contributed by atoms with Crippen molar-refractivity contribution in [3.8, 4) is 0 Å². The van der Waals surface area contributed by atoms with E-state index in [1.165, 1.54) is 0 Å². The van der Waals surface area contributed by atoms with Crippen LogP contribution in [0.4, 0.5) is 0 Å². The van der Waals surface area contributed by atoms with Crippen molar-refractivity contribution in [2.24, 2.45) is 53.3 Å². The summed E-state index contributed by atoms with van der Waals surface area (Å²) in [6.07, 6.45) is 12.4. The molecular formula is C24H25+. The van der Waals surface area contributed by atoms with E-state index >= 15 is 0 Å². The van der Waals surface area contributed by atoms with Gasteiger partial charge >= 0.3 is 0 Å². The summed E-state index contributed by atoms with van der Waals surface area (Å²) in [5.74, 6) is 11.1. The molecule has 13 rings (SSSR count). The summed E-state index contributed by atoms with van der Waals surface area (Å²) in [7, 11) is 0. The van der Waals surface area contributed by atoms with Crippen LogP contribution in [0.15, 0.2) is 33.4 Å². The molecule has 1 atom stereocenters. The minimum absolute atomic E-state index is 0.957. The molecule has 0 heterocycles. The van der Waals surface area contributed by atoms with E-state index < -0.39 is 0 Å². The third-order valence-electron chi connectivity index (χ3n) is 10.4. The Morgan fingerprint density at radius 3 is 2.04 bits per heavy atom. The zero-order chi connectivity index (χ0) is 14.9. The van der Waals surface area contributed by atoms with E-state index in [0.717, 1.165) is 53.3 Å². The van der Waals surface area contributed by atoms with Crippen LogP contribution >= 0.6 is 0 Å². The Bertz CT molecular complexity index is 759. The van der Waals surface area contributed by atoms with Crippen molar-refractivity contribution in [2.75, 3.05) is 0 Å². The lowest BCUT2D eigenvalue weighted by atomic mass is 9.74. The molecule has 24 heavy (non-hydrogen) atoms. The lowest BCUT2D eigenvalue weighted by Crippen LogP contribution is -2.20. The Morgan fingerprint density at radius 2 is 1.21 bits per heavy atom.